The van der Waals surface area contributed by atoms with Gasteiger partial charge in [-0.05, 0) is 48.7 Å². The predicted molar refractivity (Wildman–Crippen MR) is 148 cm³/mol. The molecule has 0 saturated carbocycles. The molecule has 218 valence electrons. The first-order chi connectivity index (χ1) is 19.9. The van der Waals surface area contributed by atoms with Crippen LogP contribution in [0.15, 0.2) is 41.3 Å². The molecule has 2 amide bonds. The maximum Gasteiger partial charge on any atom is 0.268 e. The van der Waals surface area contributed by atoms with Crippen LogP contribution in [0.3, 0.4) is 0 Å². The number of carbonyl (C=O) groups excluding carboxylic acids is 2. The molecule has 0 atom stereocenters. The summed E-state index contributed by atoms with van der Waals surface area (Å²) >= 11 is 0. The number of nitrogens with one attached hydrogen (secondary N) is 1. The highest BCUT2D eigenvalue weighted by Crippen LogP contribution is 2.26. The lowest BCUT2D eigenvalue weighted by atomic mass is 10.1. The predicted octanol–water partition coefficient (Wildman–Crippen LogP) is 1.14. The number of aromatic hydroxyl groups is 1. The molecule has 3 aromatic rings. The van der Waals surface area contributed by atoms with Crippen molar-refractivity contribution in [1.82, 2.24) is 24.7 Å². The highest BCUT2D eigenvalue weighted by molar-refractivity contribution is 6.01. The second-order valence-electron chi connectivity index (χ2n) is 10.2. The number of halogens is 1. The van der Waals surface area contributed by atoms with E-state index in [-0.39, 0.29) is 29.3 Å². The van der Waals surface area contributed by atoms with E-state index in [9.17, 15) is 23.9 Å². The Morgan fingerprint density at radius 2 is 1.68 bits per heavy atom. The van der Waals surface area contributed by atoms with Crippen LogP contribution in [0.5, 0.6) is 5.75 Å². The number of amides is 2. The summed E-state index contributed by atoms with van der Waals surface area (Å²) in [7, 11) is 0. The molecule has 0 aliphatic carbocycles. The zero-order valence-corrected chi connectivity index (χ0v) is 22.8. The molecule has 11 nitrogen and oxygen atoms in total. The molecule has 2 fully saturated rings. The Kier molecular flexibility index (Phi) is 9.22. The summed E-state index contributed by atoms with van der Waals surface area (Å²) in [5.74, 6) is -1.90. The lowest BCUT2D eigenvalue weighted by Crippen LogP contribution is -2.44. The van der Waals surface area contributed by atoms with E-state index < -0.39 is 22.8 Å². The van der Waals surface area contributed by atoms with E-state index in [0.29, 0.717) is 64.5 Å². The van der Waals surface area contributed by atoms with Crippen molar-refractivity contribution < 1.29 is 28.6 Å². The molecule has 2 saturated heterocycles. The molecule has 41 heavy (non-hydrogen) atoms. The molecular weight excluding hydrogens is 533 g/mol. The highest BCUT2D eigenvalue weighted by atomic mass is 19.1. The first kappa shape index (κ1) is 28.7. The Labute approximate surface area is 236 Å². The molecule has 2 aliphatic rings. The fraction of sp³-hybridized carbons (Fsp3) is 0.448. The van der Waals surface area contributed by atoms with Crippen molar-refractivity contribution >= 4 is 22.8 Å². The molecule has 2 aliphatic heterocycles. The van der Waals surface area contributed by atoms with Gasteiger partial charge in [0.15, 0.2) is 5.75 Å². The number of rotatable bonds is 9. The van der Waals surface area contributed by atoms with E-state index in [1.807, 2.05) is 0 Å². The third kappa shape index (κ3) is 6.89. The van der Waals surface area contributed by atoms with Crippen molar-refractivity contribution in [3.63, 3.8) is 0 Å². The lowest BCUT2D eigenvalue weighted by molar-refractivity contribution is -0.135. The first-order valence-corrected chi connectivity index (χ1v) is 13.8. The van der Waals surface area contributed by atoms with Crippen LogP contribution in [0.4, 0.5) is 4.39 Å². The van der Waals surface area contributed by atoms with Gasteiger partial charge in [0, 0.05) is 38.9 Å². The van der Waals surface area contributed by atoms with Crippen LogP contribution in [0.2, 0.25) is 0 Å². The Bertz CT molecular complexity index is 1450. The smallest absolute Gasteiger partial charge is 0.268 e. The molecule has 5 rings (SSSR count). The standard InChI is InChI=1S/C29H34FN5O6/c30-22-4-2-20(3-5-22)16-21-17-23-26(32-18-21)27(37)25(28(38)31-6-1-7-33-8-12-40-13-9-33)29(39)35(23)19-24(36)34-10-14-41-15-11-34/h2-5,17-18,37H,1,6-16,19H2,(H,31,38). The zero-order chi connectivity index (χ0) is 28.8. The van der Waals surface area contributed by atoms with Gasteiger partial charge in [0.2, 0.25) is 5.91 Å². The van der Waals surface area contributed by atoms with E-state index in [1.165, 1.54) is 22.9 Å². The zero-order valence-electron chi connectivity index (χ0n) is 22.8. The van der Waals surface area contributed by atoms with E-state index in [0.717, 1.165) is 25.2 Å². The van der Waals surface area contributed by atoms with Crippen LogP contribution < -0.4 is 10.9 Å². The van der Waals surface area contributed by atoms with Gasteiger partial charge in [0.05, 0.1) is 31.9 Å². The van der Waals surface area contributed by atoms with Crippen molar-refractivity contribution in [3.05, 3.63) is 69.4 Å². The van der Waals surface area contributed by atoms with Crippen LogP contribution >= 0.6 is 0 Å². The maximum atomic E-state index is 13.7. The third-order valence-electron chi connectivity index (χ3n) is 7.38. The van der Waals surface area contributed by atoms with Gasteiger partial charge in [-0.1, -0.05) is 12.1 Å². The summed E-state index contributed by atoms with van der Waals surface area (Å²) in [4.78, 5) is 48.3. The molecule has 4 heterocycles. The van der Waals surface area contributed by atoms with Crippen LogP contribution in [-0.4, -0.2) is 102 Å². The topological polar surface area (TPSA) is 126 Å². The minimum Gasteiger partial charge on any atom is -0.505 e. The number of aromatic nitrogens is 2. The fourth-order valence-corrected chi connectivity index (χ4v) is 5.11. The van der Waals surface area contributed by atoms with Crippen LogP contribution in [0.25, 0.3) is 11.0 Å². The van der Waals surface area contributed by atoms with Gasteiger partial charge in [0.1, 0.15) is 23.4 Å². The number of ether oxygens (including phenoxy) is 2. The first-order valence-electron chi connectivity index (χ1n) is 13.8. The molecule has 12 heteroatoms. The van der Waals surface area contributed by atoms with Gasteiger partial charge in [-0.3, -0.25) is 28.8 Å². The lowest BCUT2D eigenvalue weighted by Gasteiger charge is -2.27. The van der Waals surface area contributed by atoms with Gasteiger partial charge < -0.3 is 24.8 Å². The van der Waals surface area contributed by atoms with Crippen LogP contribution in [0, 0.1) is 5.82 Å². The molecule has 1 aromatic carbocycles. The number of hydrogen-bond donors (Lipinski definition) is 2. The van der Waals surface area contributed by atoms with Gasteiger partial charge in [-0.15, -0.1) is 0 Å². The van der Waals surface area contributed by atoms with E-state index in [4.69, 9.17) is 9.47 Å². The number of morpholine rings is 2. The average molecular weight is 568 g/mol. The maximum absolute atomic E-state index is 13.7. The quantitative estimate of drug-likeness (QED) is 0.369. The second kappa shape index (κ2) is 13.2. The Balaban J connectivity index is 1.43. The largest absolute Gasteiger partial charge is 0.505 e. The van der Waals surface area contributed by atoms with E-state index in [2.05, 4.69) is 15.2 Å². The Hall–Kier alpha value is -3.87. The third-order valence-corrected chi connectivity index (χ3v) is 7.38. The van der Waals surface area contributed by atoms with Gasteiger partial charge >= 0.3 is 0 Å². The minimum absolute atomic E-state index is 0.0423. The monoisotopic (exact) mass is 567 g/mol. The van der Waals surface area contributed by atoms with E-state index >= 15 is 0 Å². The SMILES string of the molecule is O=C(NCCCN1CCOCC1)c1c(O)c2ncc(Cc3ccc(F)cc3)cc2n(CC(=O)N2CCOCC2)c1=O. The summed E-state index contributed by atoms with van der Waals surface area (Å²) in [5, 5.41) is 13.8. The molecular formula is C29H34FN5O6. The van der Waals surface area contributed by atoms with Gasteiger partial charge in [0.25, 0.3) is 11.5 Å². The minimum atomic E-state index is -0.775. The molecule has 0 radical (unpaired) electrons. The second-order valence-corrected chi connectivity index (χ2v) is 10.2. The summed E-state index contributed by atoms with van der Waals surface area (Å²) in [6, 6.07) is 7.69. The van der Waals surface area contributed by atoms with Crippen molar-refractivity contribution in [3.8, 4) is 5.75 Å². The average Bonchev–Trinajstić information content (AvgIpc) is 2.99. The van der Waals surface area contributed by atoms with Gasteiger partial charge in [-0.25, -0.2) is 4.39 Å². The van der Waals surface area contributed by atoms with Gasteiger partial charge in [-0.2, -0.15) is 0 Å². The van der Waals surface area contributed by atoms with Crippen molar-refractivity contribution in [2.24, 2.45) is 0 Å². The molecule has 2 aromatic heterocycles. The normalized spacial score (nSPS) is 16.2. The van der Waals surface area contributed by atoms with Crippen molar-refractivity contribution in [2.75, 3.05) is 65.7 Å². The van der Waals surface area contributed by atoms with Crippen LogP contribution in [0.1, 0.15) is 27.9 Å². The number of carbonyl (C=O) groups is 2. The Morgan fingerprint density at radius 3 is 2.39 bits per heavy atom. The molecule has 2 N–H and O–H groups in total. The number of nitrogens with zero attached hydrogens (tertiary/aromatic N) is 4. The summed E-state index contributed by atoms with van der Waals surface area (Å²) < 4.78 is 25.3. The number of pyridine rings is 2. The molecule has 0 unspecified atom stereocenters. The number of fused-ring (bicyclic) bond motifs is 1. The van der Waals surface area contributed by atoms with Crippen molar-refractivity contribution in [2.45, 2.75) is 19.4 Å². The number of benzene rings is 1. The molecule has 0 spiro atoms. The van der Waals surface area contributed by atoms with Crippen LogP contribution in [-0.2, 0) is 27.2 Å². The van der Waals surface area contributed by atoms with E-state index in [1.54, 1.807) is 23.1 Å². The summed E-state index contributed by atoms with van der Waals surface area (Å²) in [6.45, 7) is 5.37. The fourth-order valence-electron chi connectivity index (χ4n) is 5.11. The summed E-state index contributed by atoms with van der Waals surface area (Å²) in [5.41, 5.74) is 0.567. The summed E-state index contributed by atoms with van der Waals surface area (Å²) in [6.07, 6.45) is 2.59. The Morgan fingerprint density at radius 1 is 1.00 bits per heavy atom. The van der Waals surface area contributed by atoms with Crippen molar-refractivity contribution in [1.29, 1.82) is 0 Å². The molecule has 0 bridgehead atoms. The highest BCUT2D eigenvalue weighted by Gasteiger charge is 2.26. The number of hydrogen-bond acceptors (Lipinski definition) is 8.